The van der Waals surface area contributed by atoms with Crippen LogP contribution in [-0.2, 0) is 4.74 Å². The predicted octanol–water partition coefficient (Wildman–Crippen LogP) is 2.31. The molecule has 0 aromatic rings. The Morgan fingerprint density at radius 2 is 1.60 bits per heavy atom. The second-order valence-corrected chi connectivity index (χ2v) is 3.73. The van der Waals surface area contributed by atoms with Gasteiger partial charge in [0.15, 0.2) is 0 Å². The summed E-state index contributed by atoms with van der Waals surface area (Å²) in [6, 6.07) is 0. The maximum atomic E-state index is 5.57. The molecular formula is C9H18O. The number of ether oxygens (including phenoxy) is 1. The van der Waals surface area contributed by atoms with E-state index in [1.807, 2.05) is 0 Å². The molecule has 0 N–H and O–H groups in total. The molecule has 0 radical (unpaired) electrons. The van der Waals surface area contributed by atoms with E-state index < -0.39 is 0 Å². The Balaban J connectivity index is 2.52. The summed E-state index contributed by atoms with van der Waals surface area (Å²) in [5.74, 6) is 2.29. The number of hydrogen-bond acceptors (Lipinski definition) is 1. The molecule has 0 aromatic carbocycles. The van der Waals surface area contributed by atoms with Crippen molar-refractivity contribution in [2.24, 2.45) is 17.8 Å². The predicted molar refractivity (Wildman–Crippen MR) is 42.9 cm³/mol. The molecule has 0 amide bonds. The first-order chi connectivity index (χ1) is 4.63. The summed E-state index contributed by atoms with van der Waals surface area (Å²) in [6.07, 6.45) is 0.464. The summed E-state index contributed by atoms with van der Waals surface area (Å²) < 4.78 is 5.57. The molecule has 0 spiro atoms. The second kappa shape index (κ2) is 2.91. The van der Waals surface area contributed by atoms with Crippen molar-refractivity contribution in [1.82, 2.24) is 0 Å². The van der Waals surface area contributed by atoms with Gasteiger partial charge in [0, 0.05) is 6.61 Å². The number of rotatable bonds is 0. The normalized spacial score (nSPS) is 49.2. The summed E-state index contributed by atoms with van der Waals surface area (Å²) >= 11 is 0. The molecule has 0 aromatic heterocycles. The average Bonchev–Trinajstić information content (AvgIpc) is 1.93. The molecule has 1 aliphatic rings. The Labute approximate surface area is 63.8 Å². The fraction of sp³-hybridized carbons (Fsp3) is 1.00. The summed E-state index contributed by atoms with van der Waals surface area (Å²) in [6.45, 7) is 10.0. The lowest BCUT2D eigenvalue weighted by molar-refractivity contribution is -0.0661. The highest BCUT2D eigenvalue weighted by atomic mass is 16.5. The van der Waals surface area contributed by atoms with Crippen molar-refractivity contribution in [2.75, 3.05) is 6.61 Å². The van der Waals surface area contributed by atoms with Crippen molar-refractivity contribution in [3.8, 4) is 0 Å². The fourth-order valence-corrected chi connectivity index (χ4v) is 1.55. The topological polar surface area (TPSA) is 9.23 Å². The molecule has 4 atom stereocenters. The number of hydrogen-bond donors (Lipinski definition) is 0. The minimum Gasteiger partial charge on any atom is -0.378 e. The second-order valence-electron chi connectivity index (χ2n) is 3.73. The van der Waals surface area contributed by atoms with Crippen LogP contribution >= 0.6 is 0 Å². The van der Waals surface area contributed by atoms with Crippen LogP contribution in [0.5, 0.6) is 0 Å². The van der Waals surface area contributed by atoms with E-state index in [9.17, 15) is 0 Å². The summed E-state index contributed by atoms with van der Waals surface area (Å²) in [5, 5.41) is 0. The van der Waals surface area contributed by atoms with Crippen molar-refractivity contribution in [3.05, 3.63) is 0 Å². The molecule has 1 aliphatic heterocycles. The van der Waals surface area contributed by atoms with E-state index in [0.29, 0.717) is 6.10 Å². The van der Waals surface area contributed by atoms with Gasteiger partial charge >= 0.3 is 0 Å². The minimum absolute atomic E-state index is 0.464. The smallest absolute Gasteiger partial charge is 0.0575 e. The standard InChI is InChI=1S/C9H18O/c1-6-5-10-9(4)8(3)7(6)2/h6-9H,5H2,1-4H3. The van der Waals surface area contributed by atoms with Crippen LogP contribution in [0.3, 0.4) is 0 Å². The maximum Gasteiger partial charge on any atom is 0.0575 e. The lowest BCUT2D eigenvalue weighted by Crippen LogP contribution is -2.36. The van der Waals surface area contributed by atoms with E-state index in [4.69, 9.17) is 4.74 Å². The Bertz CT molecular complexity index is 97.3. The highest BCUT2D eigenvalue weighted by Crippen LogP contribution is 2.29. The lowest BCUT2D eigenvalue weighted by atomic mass is 9.80. The molecule has 10 heavy (non-hydrogen) atoms. The van der Waals surface area contributed by atoms with Crippen LogP contribution < -0.4 is 0 Å². The van der Waals surface area contributed by atoms with Crippen LogP contribution in [0.15, 0.2) is 0 Å². The maximum absolute atomic E-state index is 5.57. The van der Waals surface area contributed by atoms with Gasteiger partial charge in [-0.2, -0.15) is 0 Å². The third kappa shape index (κ3) is 1.34. The molecule has 0 bridgehead atoms. The van der Waals surface area contributed by atoms with Gasteiger partial charge in [-0.05, 0) is 24.7 Å². The van der Waals surface area contributed by atoms with Crippen LogP contribution in [0.1, 0.15) is 27.7 Å². The van der Waals surface area contributed by atoms with Crippen LogP contribution in [0.2, 0.25) is 0 Å². The van der Waals surface area contributed by atoms with Crippen LogP contribution in [0.4, 0.5) is 0 Å². The summed E-state index contributed by atoms with van der Waals surface area (Å²) in [4.78, 5) is 0. The van der Waals surface area contributed by atoms with Crippen LogP contribution in [0.25, 0.3) is 0 Å². The van der Waals surface area contributed by atoms with Gasteiger partial charge < -0.3 is 4.74 Å². The first-order valence-electron chi connectivity index (χ1n) is 4.24. The van der Waals surface area contributed by atoms with Crippen molar-refractivity contribution >= 4 is 0 Å². The van der Waals surface area contributed by atoms with Gasteiger partial charge in [0.05, 0.1) is 6.10 Å². The van der Waals surface area contributed by atoms with E-state index >= 15 is 0 Å². The zero-order valence-electron chi connectivity index (χ0n) is 7.42. The van der Waals surface area contributed by atoms with Gasteiger partial charge in [-0.1, -0.05) is 20.8 Å². The highest BCUT2D eigenvalue weighted by Gasteiger charge is 2.29. The third-order valence-corrected chi connectivity index (χ3v) is 3.09. The van der Waals surface area contributed by atoms with E-state index in [1.54, 1.807) is 0 Å². The molecule has 0 saturated carbocycles. The van der Waals surface area contributed by atoms with Gasteiger partial charge in [0.1, 0.15) is 0 Å². The molecule has 1 nitrogen and oxygen atoms in total. The summed E-state index contributed by atoms with van der Waals surface area (Å²) in [7, 11) is 0. The minimum atomic E-state index is 0.464. The van der Waals surface area contributed by atoms with E-state index in [2.05, 4.69) is 27.7 Å². The molecular weight excluding hydrogens is 124 g/mol. The van der Waals surface area contributed by atoms with Gasteiger partial charge in [-0.3, -0.25) is 0 Å². The first kappa shape index (κ1) is 8.06. The molecule has 0 aliphatic carbocycles. The quantitative estimate of drug-likeness (QED) is 0.504. The van der Waals surface area contributed by atoms with Crippen LogP contribution in [-0.4, -0.2) is 12.7 Å². The van der Waals surface area contributed by atoms with Crippen molar-refractivity contribution in [2.45, 2.75) is 33.8 Å². The molecule has 1 fully saturated rings. The van der Waals surface area contributed by atoms with Crippen molar-refractivity contribution in [1.29, 1.82) is 0 Å². The van der Waals surface area contributed by atoms with E-state index in [0.717, 1.165) is 24.4 Å². The molecule has 1 rings (SSSR count). The Morgan fingerprint density at radius 1 is 1.00 bits per heavy atom. The zero-order valence-corrected chi connectivity index (χ0v) is 7.42. The van der Waals surface area contributed by atoms with E-state index in [-0.39, 0.29) is 0 Å². The van der Waals surface area contributed by atoms with Crippen molar-refractivity contribution in [3.63, 3.8) is 0 Å². The fourth-order valence-electron chi connectivity index (χ4n) is 1.55. The third-order valence-electron chi connectivity index (χ3n) is 3.09. The Kier molecular flexibility index (Phi) is 2.35. The molecule has 60 valence electrons. The van der Waals surface area contributed by atoms with Crippen molar-refractivity contribution < 1.29 is 4.74 Å². The SMILES string of the molecule is CC1COC(C)C(C)C1C. The molecule has 1 heterocycles. The first-order valence-corrected chi connectivity index (χ1v) is 4.24. The zero-order chi connectivity index (χ0) is 7.72. The average molecular weight is 142 g/mol. The molecule has 4 unspecified atom stereocenters. The van der Waals surface area contributed by atoms with Crippen LogP contribution in [0, 0.1) is 17.8 Å². The molecule has 1 saturated heterocycles. The van der Waals surface area contributed by atoms with Gasteiger partial charge in [-0.25, -0.2) is 0 Å². The monoisotopic (exact) mass is 142 g/mol. The molecule has 1 heteroatoms. The van der Waals surface area contributed by atoms with Gasteiger partial charge in [0.25, 0.3) is 0 Å². The highest BCUT2D eigenvalue weighted by molar-refractivity contribution is 4.77. The van der Waals surface area contributed by atoms with E-state index in [1.165, 1.54) is 0 Å². The Hall–Kier alpha value is -0.0400. The lowest BCUT2D eigenvalue weighted by Gasteiger charge is -2.36. The van der Waals surface area contributed by atoms with Gasteiger partial charge in [-0.15, -0.1) is 0 Å². The Morgan fingerprint density at radius 3 is 2.10 bits per heavy atom. The summed E-state index contributed by atoms with van der Waals surface area (Å²) in [5.41, 5.74) is 0. The largest absolute Gasteiger partial charge is 0.378 e. The van der Waals surface area contributed by atoms with Gasteiger partial charge in [0.2, 0.25) is 0 Å².